The van der Waals surface area contributed by atoms with E-state index in [1.54, 1.807) is 0 Å². The van der Waals surface area contributed by atoms with E-state index in [-0.39, 0.29) is 16.6 Å². The Hall–Kier alpha value is -2.43. The summed E-state index contributed by atoms with van der Waals surface area (Å²) >= 11 is 5.52. The highest BCUT2D eigenvalue weighted by atomic mass is 32.1. The predicted octanol–water partition coefficient (Wildman–Crippen LogP) is 7.07. The van der Waals surface area contributed by atoms with Gasteiger partial charge in [0.05, 0.1) is 12.2 Å². The number of benzene rings is 1. The number of hydrogen-bond donors (Lipinski definition) is 3. The average Bonchev–Trinajstić information content (AvgIpc) is 3.33. The van der Waals surface area contributed by atoms with Crippen LogP contribution in [0.1, 0.15) is 85.5 Å². The Balaban J connectivity index is 1.57. The molecule has 4 rings (SSSR count). The molecule has 0 radical (unpaired) electrons. The molecule has 3 N–H and O–H groups in total. The lowest BCUT2D eigenvalue weighted by atomic mass is 9.60. The molecule has 3 fully saturated rings. The van der Waals surface area contributed by atoms with Crippen LogP contribution in [0.5, 0.6) is 5.75 Å². The number of rotatable bonds is 7. The number of aliphatic hydroxyl groups excluding tert-OH is 2. The van der Waals surface area contributed by atoms with E-state index < -0.39 is 23.9 Å². The molecule has 6 heteroatoms. The molecule has 0 unspecified atom stereocenters. The van der Waals surface area contributed by atoms with E-state index in [0.717, 1.165) is 43.3 Å². The van der Waals surface area contributed by atoms with Crippen LogP contribution in [0.2, 0.25) is 0 Å². The number of aliphatic hydroxyl groups is 3. The SMILES string of the molecule is C=C1/C(=C\C=C2/CCC[C@]3(C)[C@@H]([C@H](C)[C@H](C#CC(O)(CC)CC)OC(=S)Oc4ccccc4)CC[C@@H]23)C[C@@H](O)C[C@@H]1O. The molecule has 0 saturated heterocycles. The van der Waals surface area contributed by atoms with Gasteiger partial charge in [0, 0.05) is 24.6 Å². The summed E-state index contributed by atoms with van der Waals surface area (Å²) < 4.78 is 12.1. The zero-order valence-electron chi connectivity index (χ0n) is 25.6. The Morgan fingerprint density at radius 1 is 1.19 bits per heavy atom. The van der Waals surface area contributed by atoms with Crippen molar-refractivity contribution in [3.8, 4) is 17.6 Å². The molecule has 228 valence electrons. The van der Waals surface area contributed by atoms with E-state index in [1.807, 2.05) is 44.2 Å². The van der Waals surface area contributed by atoms with Gasteiger partial charge in [-0.05, 0) is 91.9 Å². The van der Waals surface area contributed by atoms with Gasteiger partial charge in [0.2, 0.25) is 0 Å². The standard InChI is InChI=1S/C36H48O5S/c1-6-36(39,7-2)21-19-33(41-34(42)40-29-13-9-8-10-14-29)25(4)30-17-18-31-26(12-11-20-35(30,31)5)15-16-27-22-28(37)23-32(38)24(27)3/h8-10,13-16,25,28,30-33,37-39H,3,6-7,11-12,17-18,20,22-23H2,1-2,4-5H3/b26-15+,27-16-/t25-,28+,30+,31-,32-,33-,35+/m0/s1. The van der Waals surface area contributed by atoms with Crippen molar-refractivity contribution in [1.82, 2.24) is 0 Å². The van der Waals surface area contributed by atoms with E-state index in [1.165, 1.54) is 5.57 Å². The molecular formula is C36H48O5S. The molecule has 0 heterocycles. The third-order valence-electron chi connectivity index (χ3n) is 10.2. The fourth-order valence-corrected chi connectivity index (χ4v) is 7.63. The minimum absolute atomic E-state index is 0.0385. The second kappa shape index (κ2) is 13.9. The fraction of sp³-hybridized carbons (Fsp3) is 0.583. The zero-order valence-corrected chi connectivity index (χ0v) is 26.5. The van der Waals surface area contributed by atoms with Crippen LogP contribution in [0.25, 0.3) is 0 Å². The number of para-hydroxylation sites is 1. The van der Waals surface area contributed by atoms with E-state index in [2.05, 4.69) is 44.4 Å². The number of hydrogen-bond acceptors (Lipinski definition) is 6. The maximum Gasteiger partial charge on any atom is 0.359 e. The minimum Gasteiger partial charge on any atom is -0.440 e. The molecule has 3 aliphatic rings. The van der Waals surface area contributed by atoms with Crippen LogP contribution in [0.4, 0.5) is 0 Å². The van der Waals surface area contributed by atoms with Crippen molar-refractivity contribution in [2.45, 2.75) is 109 Å². The van der Waals surface area contributed by atoms with Crippen molar-refractivity contribution in [3.63, 3.8) is 0 Å². The second-order valence-electron chi connectivity index (χ2n) is 12.7. The molecule has 5 nitrogen and oxygen atoms in total. The summed E-state index contributed by atoms with van der Waals surface area (Å²) in [5.41, 5.74) is 2.11. The summed E-state index contributed by atoms with van der Waals surface area (Å²) in [5, 5.41) is 31.5. The van der Waals surface area contributed by atoms with Crippen LogP contribution in [-0.4, -0.2) is 44.5 Å². The molecule has 1 aromatic carbocycles. The Kier molecular flexibility index (Phi) is 10.8. The number of ether oxygens (including phenoxy) is 2. The normalized spacial score (nSPS) is 31.2. The number of thiocarbonyl (C=S) groups is 1. The topological polar surface area (TPSA) is 79.2 Å². The molecule has 0 aliphatic heterocycles. The van der Waals surface area contributed by atoms with Crippen molar-refractivity contribution >= 4 is 17.5 Å². The molecule has 0 bridgehead atoms. The molecule has 1 aromatic rings. The maximum absolute atomic E-state index is 10.9. The predicted molar refractivity (Wildman–Crippen MR) is 172 cm³/mol. The van der Waals surface area contributed by atoms with E-state index in [4.69, 9.17) is 21.7 Å². The first-order valence-corrected chi connectivity index (χ1v) is 16.0. The Labute approximate surface area is 257 Å². The van der Waals surface area contributed by atoms with Gasteiger partial charge in [-0.3, -0.25) is 0 Å². The largest absolute Gasteiger partial charge is 0.440 e. The highest BCUT2D eigenvalue weighted by Gasteiger charge is 2.52. The molecule has 42 heavy (non-hydrogen) atoms. The Bertz CT molecular complexity index is 1240. The van der Waals surface area contributed by atoms with Gasteiger partial charge in [-0.2, -0.15) is 0 Å². The van der Waals surface area contributed by atoms with Gasteiger partial charge in [-0.25, -0.2) is 0 Å². The first-order valence-electron chi connectivity index (χ1n) is 15.6. The molecule has 3 aliphatic carbocycles. The molecule has 3 saturated carbocycles. The first kappa shape index (κ1) is 32.5. The van der Waals surface area contributed by atoms with Gasteiger partial charge < -0.3 is 24.8 Å². The van der Waals surface area contributed by atoms with Gasteiger partial charge >= 0.3 is 5.24 Å². The first-order chi connectivity index (χ1) is 20.0. The van der Waals surface area contributed by atoms with Gasteiger partial charge in [0.25, 0.3) is 0 Å². The van der Waals surface area contributed by atoms with Gasteiger partial charge in [-0.15, -0.1) is 0 Å². The summed E-state index contributed by atoms with van der Waals surface area (Å²) in [5.74, 6) is 7.88. The number of allylic oxidation sites excluding steroid dienone is 3. The number of fused-ring (bicyclic) bond motifs is 1. The summed E-state index contributed by atoms with van der Waals surface area (Å²) in [6.07, 6.45) is 9.98. The Morgan fingerprint density at radius 3 is 2.60 bits per heavy atom. The summed E-state index contributed by atoms with van der Waals surface area (Å²) in [6.45, 7) is 12.6. The lowest BCUT2D eigenvalue weighted by Gasteiger charge is -2.45. The molecular weight excluding hydrogens is 544 g/mol. The zero-order chi connectivity index (χ0) is 30.5. The highest BCUT2D eigenvalue weighted by molar-refractivity contribution is 7.79. The van der Waals surface area contributed by atoms with Crippen LogP contribution < -0.4 is 4.74 Å². The molecule has 7 atom stereocenters. The maximum atomic E-state index is 10.9. The van der Waals surface area contributed by atoms with Crippen LogP contribution in [-0.2, 0) is 4.74 Å². The monoisotopic (exact) mass is 592 g/mol. The third-order valence-corrected chi connectivity index (χ3v) is 10.4. The van der Waals surface area contributed by atoms with E-state index in [9.17, 15) is 15.3 Å². The average molecular weight is 593 g/mol. The highest BCUT2D eigenvalue weighted by Crippen LogP contribution is 2.60. The van der Waals surface area contributed by atoms with E-state index >= 15 is 0 Å². The van der Waals surface area contributed by atoms with Crippen molar-refractivity contribution in [2.24, 2.45) is 23.2 Å². The molecule has 0 spiro atoms. The van der Waals surface area contributed by atoms with Gasteiger partial charge in [0.15, 0.2) is 6.10 Å². The minimum atomic E-state index is -1.07. The lowest BCUT2D eigenvalue weighted by Crippen LogP contribution is -2.40. The van der Waals surface area contributed by atoms with Gasteiger partial charge in [0.1, 0.15) is 11.4 Å². The quantitative estimate of drug-likeness (QED) is 0.232. The van der Waals surface area contributed by atoms with Crippen LogP contribution in [0.15, 0.2) is 65.8 Å². The van der Waals surface area contributed by atoms with E-state index in [0.29, 0.717) is 43.3 Å². The van der Waals surface area contributed by atoms with Gasteiger partial charge in [-0.1, -0.05) is 82.0 Å². The van der Waals surface area contributed by atoms with Crippen molar-refractivity contribution in [3.05, 3.63) is 65.8 Å². The van der Waals surface area contributed by atoms with Crippen LogP contribution in [0.3, 0.4) is 0 Å². The third kappa shape index (κ3) is 7.37. The fourth-order valence-electron chi connectivity index (χ4n) is 7.43. The summed E-state index contributed by atoms with van der Waals surface area (Å²) in [6, 6.07) is 9.37. The van der Waals surface area contributed by atoms with Crippen molar-refractivity contribution in [2.75, 3.05) is 0 Å². The molecule has 0 amide bonds. The molecule has 0 aromatic heterocycles. The summed E-state index contributed by atoms with van der Waals surface area (Å²) in [4.78, 5) is 0. The summed E-state index contributed by atoms with van der Waals surface area (Å²) in [7, 11) is 0. The van der Waals surface area contributed by atoms with Crippen LogP contribution in [0, 0.1) is 35.0 Å². The van der Waals surface area contributed by atoms with Crippen molar-refractivity contribution in [1.29, 1.82) is 0 Å². The van der Waals surface area contributed by atoms with Crippen LogP contribution >= 0.6 is 12.2 Å². The smallest absolute Gasteiger partial charge is 0.359 e. The second-order valence-corrected chi connectivity index (χ2v) is 13.1. The lowest BCUT2D eigenvalue weighted by molar-refractivity contribution is 0.0433. The van der Waals surface area contributed by atoms with Crippen molar-refractivity contribution < 1.29 is 24.8 Å². The Morgan fingerprint density at radius 2 is 1.90 bits per heavy atom.